The Bertz CT molecular complexity index is 184. The van der Waals surface area contributed by atoms with E-state index in [4.69, 9.17) is 0 Å². The standard InChI is InChI=1S/C6H11N2O2/c1-5(9)8(4)6(10)7(2)3/h4H2,1-3H3/q+1. The Labute approximate surface area is 59.8 Å². The first kappa shape index (κ1) is 8.81. The molecule has 4 nitrogen and oxygen atoms in total. The van der Waals surface area contributed by atoms with Crippen molar-refractivity contribution in [3.05, 3.63) is 0 Å². The van der Waals surface area contributed by atoms with E-state index in [2.05, 4.69) is 6.72 Å². The monoisotopic (exact) mass is 143 g/mol. The van der Waals surface area contributed by atoms with E-state index < -0.39 is 6.03 Å². The highest BCUT2D eigenvalue weighted by molar-refractivity contribution is 5.81. The van der Waals surface area contributed by atoms with Gasteiger partial charge in [-0.2, -0.15) is 4.79 Å². The van der Waals surface area contributed by atoms with E-state index in [0.29, 0.717) is 0 Å². The van der Waals surface area contributed by atoms with Crippen LogP contribution in [0.2, 0.25) is 0 Å². The lowest BCUT2D eigenvalue weighted by Gasteiger charge is -2.01. The first-order valence-corrected chi connectivity index (χ1v) is 2.79. The minimum atomic E-state index is -0.410. The third-order valence-electron chi connectivity index (χ3n) is 0.994. The van der Waals surface area contributed by atoms with Crippen molar-refractivity contribution in [2.24, 2.45) is 0 Å². The summed E-state index contributed by atoms with van der Waals surface area (Å²) in [6, 6.07) is -0.410. The lowest BCUT2D eigenvalue weighted by Crippen LogP contribution is -2.33. The molecule has 0 unspecified atom stereocenters. The van der Waals surface area contributed by atoms with Crippen LogP contribution >= 0.6 is 0 Å². The number of hydrogen-bond acceptors (Lipinski definition) is 2. The van der Waals surface area contributed by atoms with Gasteiger partial charge in [0.2, 0.25) is 0 Å². The lowest BCUT2D eigenvalue weighted by atomic mass is 10.6. The van der Waals surface area contributed by atoms with Crippen molar-refractivity contribution in [3.63, 3.8) is 0 Å². The Balaban J connectivity index is 4.24. The van der Waals surface area contributed by atoms with Gasteiger partial charge in [0.25, 0.3) is 0 Å². The van der Waals surface area contributed by atoms with Gasteiger partial charge in [0, 0.05) is 6.92 Å². The van der Waals surface area contributed by atoms with Crippen LogP contribution in [-0.2, 0) is 4.79 Å². The fraction of sp³-hybridized carbons (Fsp3) is 0.500. The Hall–Kier alpha value is -1.19. The number of nitrogens with zero attached hydrogens (tertiary/aromatic N) is 2. The van der Waals surface area contributed by atoms with Crippen molar-refractivity contribution < 1.29 is 14.2 Å². The summed E-state index contributed by atoms with van der Waals surface area (Å²) in [5.74, 6) is -0.362. The maximum Gasteiger partial charge on any atom is 0.499 e. The number of amides is 3. The third-order valence-corrected chi connectivity index (χ3v) is 0.994. The summed E-state index contributed by atoms with van der Waals surface area (Å²) < 4.78 is 0.806. The Kier molecular flexibility index (Phi) is 2.73. The molecule has 3 amide bonds. The summed E-state index contributed by atoms with van der Waals surface area (Å²) in [6.07, 6.45) is 0. The zero-order valence-corrected chi connectivity index (χ0v) is 6.42. The molecule has 0 aliphatic heterocycles. The number of urea groups is 1. The van der Waals surface area contributed by atoms with Crippen LogP contribution in [0.25, 0.3) is 0 Å². The molecule has 0 spiro atoms. The summed E-state index contributed by atoms with van der Waals surface area (Å²) in [5.41, 5.74) is 0. The average Bonchev–Trinajstić information content (AvgIpc) is 1.84. The lowest BCUT2D eigenvalue weighted by molar-refractivity contribution is -0.355. The van der Waals surface area contributed by atoms with Gasteiger partial charge in [-0.1, -0.05) is 0 Å². The van der Waals surface area contributed by atoms with Gasteiger partial charge in [-0.3, -0.25) is 0 Å². The second kappa shape index (κ2) is 3.10. The van der Waals surface area contributed by atoms with Crippen molar-refractivity contribution in [1.29, 1.82) is 0 Å². The van der Waals surface area contributed by atoms with Crippen LogP contribution in [0.1, 0.15) is 6.92 Å². The van der Waals surface area contributed by atoms with Crippen LogP contribution in [0.15, 0.2) is 0 Å². The molecule has 0 N–H and O–H groups in total. The molecule has 0 aliphatic carbocycles. The summed E-state index contributed by atoms with van der Waals surface area (Å²) in [6.45, 7) is 4.54. The van der Waals surface area contributed by atoms with E-state index in [9.17, 15) is 9.59 Å². The van der Waals surface area contributed by atoms with Crippen molar-refractivity contribution in [3.8, 4) is 0 Å². The van der Waals surface area contributed by atoms with Gasteiger partial charge < -0.3 is 0 Å². The van der Waals surface area contributed by atoms with Crippen LogP contribution < -0.4 is 0 Å². The number of imide groups is 1. The predicted octanol–water partition coefficient (Wildman–Crippen LogP) is -0.0724. The summed E-state index contributed by atoms with van der Waals surface area (Å²) >= 11 is 0. The highest BCUT2D eigenvalue weighted by Gasteiger charge is 2.19. The van der Waals surface area contributed by atoms with Gasteiger partial charge in [0.15, 0.2) is 0 Å². The molecule has 0 saturated carbocycles. The summed E-state index contributed by atoms with van der Waals surface area (Å²) in [5, 5.41) is 0. The molecule has 0 fully saturated rings. The fourth-order valence-electron chi connectivity index (χ4n) is 0.376. The average molecular weight is 143 g/mol. The van der Waals surface area contributed by atoms with Crippen LogP contribution in [0.5, 0.6) is 0 Å². The first-order valence-electron chi connectivity index (χ1n) is 2.79. The van der Waals surface area contributed by atoms with E-state index in [1.807, 2.05) is 0 Å². The SMILES string of the molecule is C=[N+](C(C)=O)C(=O)N(C)C. The smallest absolute Gasteiger partial charge is 0.247 e. The Morgan fingerprint density at radius 3 is 1.90 bits per heavy atom. The molecule has 0 radical (unpaired) electrons. The number of carbonyl (C=O) groups is 2. The van der Waals surface area contributed by atoms with E-state index in [1.165, 1.54) is 11.8 Å². The molecular formula is C6H11N2O2+. The van der Waals surface area contributed by atoms with Crippen LogP contribution in [-0.4, -0.2) is 42.2 Å². The van der Waals surface area contributed by atoms with Gasteiger partial charge in [0.1, 0.15) is 0 Å². The molecule has 10 heavy (non-hydrogen) atoms. The summed E-state index contributed by atoms with van der Waals surface area (Å²) in [4.78, 5) is 22.6. The van der Waals surface area contributed by atoms with Gasteiger partial charge in [-0.05, 0) is 0 Å². The zero-order chi connectivity index (χ0) is 8.31. The molecule has 0 atom stereocenters. The second-order valence-corrected chi connectivity index (χ2v) is 2.12. The molecule has 0 aromatic rings. The minimum Gasteiger partial charge on any atom is -0.247 e. The normalized spacial score (nSPS) is 8.70. The van der Waals surface area contributed by atoms with Crippen LogP contribution in [0.3, 0.4) is 0 Å². The van der Waals surface area contributed by atoms with E-state index in [1.54, 1.807) is 14.1 Å². The first-order chi connectivity index (χ1) is 4.46. The molecule has 0 aromatic heterocycles. The van der Waals surface area contributed by atoms with Crippen LogP contribution in [0.4, 0.5) is 4.79 Å². The number of rotatable bonds is 0. The number of carbonyl (C=O) groups excluding carboxylic acids is 2. The van der Waals surface area contributed by atoms with Gasteiger partial charge in [0.05, 0.1) is 20.8 Å². The van der Waals surface area contributed by atoms with Crippen molar-refractivity contribution in [2.75, 3.05) is 14.1 Å². The molecule has 0 saturated heterocycles. The summed E-state index contributed by atoms with van der Waals surface area (Å²) in [7, 11) is 3.12. The largest absolute Gasteiger partial charge is 0.499 e. The maximum atomic E-state index is 10.9. The predicted molar refractivity (Wildman–Crippen MR) is 37.1 cm³/mol. The van der Waals surface area contributed by atoms with E-state index >= 15 is 0 Å². The quantitative estimate of drug-likeness (QED) is 0.351. The highest BCUT2D eigenvalue weighted by atomic mass is 16.2. The number of hydrogen-bond donors (Lipinski definition) is 0. The molecule has 0 rings (SSSR count). The topological polar surface area (TPSA) is 40.4 Å². The van der Waals surface area contributed by atoms with Gasteiger partial charge in [-0.15, -0.1) is 4.58 Å². The molecule has 0 aromatic carbocycles. The molecule has 4 heteroatoms. The maximum absolute atomic E-state index is 10.9. The van der Waals surface area contributed by atoms with E-state index in [-0.39, 0.29) is 5.91 Å². The third kappa shape index (κ3) is 1.97. The Morgan fingerprint density at radius 1 is 1.40 bits per heavy atom. The van der Waals surface area contributed by atoms with Crippen LogP contribution in [0, 0.1) is 0 Å². The molecule has 56 valence electrons. The van der Waals surface area contributed by atoms with Gasteiger partial charge in [-0.25, -0.2) is 9.69 Å². The van der Waals surface area contributed by atoms with Crippen molar-refractivity contribution in [1.82, 2.24) is 4.90 Å². The Morgan fingerprint density at radius 2 is 1.80 bits per heavy atom. The highest BCUT2D eigenvalue weighted by Crippen LogP contribution is 1.83. The van der Waals surface area contributed by atoms with E-state index in [0.717, 1.165) is 4.58 Å². The second-order valence-electron chi connectivity index (χ2n) is 2.12. The molecule has 0 bridgehead atoms. The van der Waals surface area contributed by atoms with Crippen molar-refractivity contribution in [2.45, 2.75) is 6.92 Å². The fourth-order valence-corrected chi connectivity index (χ4v) is 0.376. The minimum absolute atomic E-state index is 0.362. The molecule has 0 heterocycles. The zero-order valence-electron chi connectivity index (χ0n) is 6.42. The molecule has 0 aliphatic rings. The molecular weight excluding hydrogens is 132 g/mol. The van der Waals surface area contributed by atoms with Crippen molar-refractivity contribution >= 4 is 18.7 Å². The van der Waals surface area contributed by atoms with Gasteiger partial charge >= 0.3 is 11.9 Å².